The van der Waals surface area contributed by atoms with Gasteiger partial charge < -0.3 is 9.13 Å². The molecule has 9 rings (SSSR count). The monoisotopic (exact) mass is 896 g/mol. The summed E-state index contributed by atoms with van der Waals surface area (Å²) in [5.74, 6) is 0. The van der Waals surface area contributed by atoms with Crippen molar-refractivity contribution in [1.82, 2.24) is 9.13 Å². The number of hydrogen-bond acceptors (Lipinski definition) is 0. The van der Waals surface area contributed by atoms with E-state index in [0.29, 0.717) is 34.7 Å². The molecule has 4 nitrogen and oxygen atoms in total. The van der Waals surface area contributed by atoms with Crippen molar-refractivity contribution in [3.05, 3.63) is 178 Å². The summed E-state index contributed by atoms with van der Waals surface area (Å²) in [4.78, 5) is 7.22. The van der Waals surface area contributed by atoms with Gasteiger partial charge in [-0.15, -0.1) is 0 Å². The number of alkyl halides is 12. The van der Waals surface area contributed by atoms with Crippen molar-refractivity contribution >= 4 is 55.0 Å². The van der Waals surface area contributed by atoms with Crippen LogP contribution in [0.4, 0.5) is 64.1 Å². The molecule has 324 valence electrons. The Bertz CT molecular complexity index is 3460. The first-order valence-corrected chi connectivity index (χ1v) is 19.2. The van der Waals surface area contributed by atoms with Crippen molar-refractivity contribution in [2.24, 2.45) is 0 Å². The summed E-state index contributed by atoms with van der Waals surface area (Å²) in [6.45, 7) is 18.1. The van der Waals surface area contributed by atoms with Crippen LogP contribution >= 0.6 is 0 Å². The van der Waals surface area contributed by atoms with Crippen LogP contribution in [0.25, 0.3) is 86.9 Å². The first-order chi connectivity index (χ1) is 30.6. The Morgan fingerprint density at radius 1 is 0.385 bits per heavy atom. The number of hydrogen-bond donors (Lipinski definition) is 0. The van der Waals surface area contributed by atoms with Gasteiger partial charge in [0.2, 0.25) is 0 Å². The second kappa shape index (κ2) is 14.7. The number of benzene rings is 7. The lowest BCUT2D eigenvalue weighted by Gasteiger charge is -2.23. The van der Waals surface area contributed by atoms with Gasteiger partial charge in [-0.1, -0.05) is 48.0 Å². The van der Waals surface area contributed by atoms with E-state index in [1.165, 1.54) is 41.0 Å². The molecule has 0 aliphatic carbocycles. The number of nitrogens with zero attached hydrogens (tertiary/aromatic N) is 4. The molecular weight excluding hydrogens is 873 g/mol. The van der Waals surface area contributed by atoms with Gasteiger partial charge in [0.25, 0.3) is 0 Å². The summed E-state index contributed by atoms with van der Waals surface area (Å²) in [6, 6.07) is 24.5. The molecule has 0 N–H and O–H groups in total. The van der Waals surface area contributed by atoms with Crippen molar-refractivity contribution in [3.8, 4) is 33.6 Å². The molecule has 0 spiro atoms. The lowest BCUT2D eigenvalue weighted by molar-refractivity contribution is -0.138. The van der Waals surface area contributed by atoms with E-state index in [0.717, 1.165) is 48.5 Å². The van der Waals surface area contributed by atoms with Crippen LogP contribution in [0.3, 0.4) is 0 Å². The lowest BCUT2D eigenvalue weighted by Crippen LogP contribution is -2.06. The van der Waals surface area contributed by atoms with Gasteiger partial charge in [0.05, 0.1) is 57.6 Å². The maximum absolute atomic E-state index is 14.2. The van der Waals surface area contributed by atoms with Crippen molar-refractivity contribution < 1.29 is 52.7 Å². The van der Waals surface area contributed by atoms with Gasteiger partial charge >= 0.3 is 24.7 Å². The van der Waals surface area contributed by atoms with E-state index in [4.69, 9.17) is 13.1 Å². The molecule has 9 aromatic rings. The SMILES string of the molecule is [C-]#[N+]c1cc(C(F)(F)F)ccc1-c1cccc(-n2c3ccc(C)cc3c3cc(C(F)(F)F)ccc32)c1-c1c([N+]#[C-])cccc1-n1c2ccc(C(F)(F)F)cc2c2cc(C(F)(F)F)ccc21. The molecule has 0 saturated heterocycles. The number of rotatable bonds is 4. The van der Waals surface area contributed by atoms with Crippen LogP contribution in [0.2, 0.25) is 0 Å². The van der Waals surface area contributed by atoms with Crippen LogP contribution in [-0.2, 0) is 24.7 Å². The third kappa shape index (κ3) is 7.06. The molecule has 2 aromatic heterocycles. The van der Waals surface area contributed by atoms with Crippen LogP contribution in [-0.4, -0.2) is 9.13 Å². The second-order valence-electron chi connectivity index (χ2n) is 15.2. The summed E-state index contributed by atoms with van der Waals surface area (Å²) in [5.41, 5.74) is -3.57. The van der Waals surface area contributed by atoms with E-state index in [1.54, 1.807) is 35.8 Å². The highest BCUT2D eigenvalue weighted by molar-refractivity contribution is 6.13. The fraction of sp³-hybridized carbons (Fsp3) is 0.102. The standard InChI is InChI=1S/C49H24F12N4/c1-25-10-16-38-32(20-25)33-21-26(46(50,51)52)12-17-39(33)64(38)42-8-4-6-31(30-15-11-29(49(59,60)61)24-37(30)63-3)44(42)45-36(62-2)7-5-9-43(45)65-40-18-13-27(47(53,54)55)22-34(40)35-23-28(48(56,57)58)14-19-41(35)65/h4-24H,1H3. The van der Waals surface area contributed by atoms with Gasteiger partial charge in [-0.05, 0) is 103 Å². The van der Waals surface area contributed by atoms with Gasteiger partial charge in [-0.3, -0.25) is 0 Å². The highest BCUT2D eigenvalue weighted by Gasteiger charge is 2.36. The van der Waals surface area contributed by atoms with Gasteiger partial charge in [0, 0.05) is 43.9 Å². The quantitative estimate of drug-likeness (QED) is 0.124. The van der Waals surface area contributed by atoms with Crippen molar-refractivity contribution in [1.29, 1.82) is 0 Å². The van der Waals surface area contributed by atoms with E-state index in [-0.39, 0.29) is 72.0 Å². The third-order valence-electron chi connectivity index (χ3n) is 11.3. The summed E-state index contributed by atoms with van der Waals surface area (Å²) in [7, 11) is 0. The van der Waals surface area contributed by atoms with Crippen LogP contribution in [0.15, 0.2) is 127 Å². The first-order valence-electron chi connectivity index (χ1n) is 19.2. The summed E-state index contributed by atoms with van der Waals surface area (Å²) < 4.78 is 173. The van der Waals surface area contributed by atoms with Crippen molar-refractivity contribution in [3.63, 3.8) is 0 Å². The smallest absolute Gasteiger partial charge is 0.310 e. The molecule has 0 amide bonds. The number of halogens is 12. The average Bonchev–Trinajstić information content (AvgIpc) is 3.75. The third-order valence-corrected chi connectivity index (χ3v) is 11.3. The number of aryl methyl sites for hydroxylation is 1. The molecular formula is C49H24F12N4. The van der Waals surface area contributed by atoms with Gasteiger partial charge in [-0.2, -0.15) is 52.7 Å². The molecule has 0 radical (unpaired) electrons. The van der Waals surface area contributed by atoms with E-state index in [2.05, 4.69) is 9.69 Å². The predicted molar refractivity (Wildman–Crippen MR) is 223 cm³/mol. The Morgan fingerprint density at radius 2 is 0.769 bits per heavy atom. The van der Waals surface area contributed by atoms with Gasteiger partial charge in [0.15, 0.2) is 11.4 Å². The minimum absolute atomic E-state index is 0.0156. The zero-order chi connectivity index (χ0) is 46.5. The molecule has 0 bridgehead atoms. The summed E-state index contributed by atoms with van der Waals surface area (Å²) in [6.07, 6.45) is -19.4. The number of fused-ring (bicyclic) bond motifs is 6. The zero-order valence-corrected chi connectivity index (χ0v) is 32.9. The molecule has 2 heterocycles. The Balaban J connectivity index is 1.48. The van der Waals surface area contributed by atoms with E-state index in [1.807, 2.05) is 0 Å². The van der Waals surface area contributed by atoms with Crippen LogP contribution in [0.1, 0.15) is 27.8 Å². The molecule has 0 aliphatic rings. The summed E-state index contributed by atoms with van der Waals surface area (Å²) >= 11 is 0. The Kier molecular flexibility index (Phi) is 9.61. The topological polar surface area (TPSA) is 18.6 Å². The minimum Gasteiger partial charge on any atom is -0.310 e. The predicted octanol–water partition coefficient (Wildman–Crippen LogP) is 16.7. The molecule has 0 aliphatic heterocycles. The zero-order valence-electron chi connectivity index (χ0n) is 32.9. The maximum Gasteiger partial charge on any atom is 0.416 e. The Labute approximate surface area is 359 Å². The van der Waals surface area contributed by atoms with E-state index in [9.17, 15) is 52.7 Å². The highest BCUT2D eigenvalue weighted by Crippen LogP contribution is 2.51. The average molecular weight is 897 g/mol. The van der Waals surface area contributed by atoms with Crippen molar-refractivity contribution in [2.45, 2.75) is 31.6 Å². The Morgan fingerprint density at radius 3 is 1.22 bits per heavy atom. The minimum atomic E-state index is -4.91. The maximum atomic E-state index is 14.2. The Hall–Kier alpha value is -7.72. The molecule has 0 unspecified atom stereocenters. The van der Waals surface area contributed by atoms with Crippen LogP contribution in [0, 0.1) is 20.1 Å². The molecule has 16 heteroatoms. The van der Waals surface area contributed by atoms with Crippen molar-refractivity contribution in [2.75, 3.05) is 0 Å². The molecule has 0 fully saturated rings. The van der Waals surface area contributed by atoms with Crippen LogP contribution < -0.4 is 0 Å². The molecule has 7 aromatic carbocycles. The summed E-state index contributed by atoms with van der Waals surface area (Å²) in [5, 5.41) is 0.0730. The van der Waals surface area contributed by atoms with Gasteiger partial charge in [0.1, 0.15) is 0 Å². The van der Waals surface area contributed by atoms with Gasteiger partial charge in [-0.25, -0.2) is 9.69 Å². The highest BCUT2D eigenvalue weighted by atomic mass is 19.4. The molecule has 0 saturated carbocycles. The molecule has 0 atom stereocenters. The van der Waals surface area contributed by atoms with Crippen LogP contribution in [0.5, 0.6) is 0 Å². The largest absolute Gasteiger partial charge is 0.416 e. The molecule has 65 heavy (non-hydrogen) atoms. The normalized spacial score (nSPS) is 12.7. The second-order valence-corrected chi connectivity index (χ2v) is 15.2. The first kappa shape index (κ1) is 42.6. The fourth-order valence-electron chi connectivity index (χ4n) is 8.51. The number of aromatic nitrogens is 2. The van der Waals surface area contributed by atoms with E-state index >= 15 is 0 Å². The fourth-order valence-corrected chi connectivity index (χ4v) is 8.51. The lowest BCUT2D eigenvalue weighted by atomic mass is 9.89. The van der Waals surface area contributed by atoms with E-state index < -0.39 is 52.6 Å².